The normalized spacial score (nSPS) is 11.9. The molecule has 41 heavy (non-hydrogen) atoms. The Hall–Kier alpha value is -4.94. The molecule has 0 atom stereocenters. The summed E-state index contributed by atoms with van der Waals surface area (Å²) in [5.41, 5.74) is 8.93. The fourth-order valence-electron chi connectivity index (χ4n) is 6.51. The number of hydrogen-bond donors (Lipinski definition) is 0. The summed E-state index contributed by atoms with van der Waals surface area (Å²) in [6.07, 6.45) is 0. The maximum atomic E-state index is 2.38. The molecule has 194 valence electrons. The van der Waals surface area contributed by atoms with Crippen molar-refractivity contribution in [3.63, 3.8) is 0 Å². The lowest BCUT2D eigenvalue weighted by molar-refractivity contribution is 0.870. The zero-order chi connectivity index (χ0) is 27.5. The van der Waals surface area contributed by atoms with Gasteiger partial charge >= 0.3 is 0 Å². The van der Waals surface area contributed by atoms with Gasteiger partial charge in [-0.2, -0.15) is 0 Å². The van der Waals surface area contributed by atoms with Gasteiger partial charge in [-0.3, -0.25) is 0 Å². The smallest absolute Gasteiger partial charge is 0.00206 e. The minimum atomic E-state index is 0.513. The molecule has 0 amide bonds. The van der Waals surface area contributed by atoms with E-state index in [4.69, 9.17) is 0 Å². The standard InChI is InChI=1S/C41H30/c1-26(2)37-24-35-17-12-30-18-20-38(39-21-19-36(25-37)40(35)41(30)39)34-16-15-32-22-31(13-14-33(32)23-34)29-10-8-28(9-11-29)27-6-4-3-5-7-27/h3-26H,1-2H3. The molecule has 0 unspecified atom stereocenters. The van der Waals surface area contributed by atoms with E-state index < -0.39 is 0 Å². The predicted octanol–water partition coefficient (Wildman–Crippen LogP) is 11.9. The molecular weight excluding hydrogens is 492 g/mol. The van der Waals surface area contributed by atoms with Gasteiger partial charge in [-0.1, -0.05) is 141 Å². The topological polar surface area (TPSA) is 0 Å². The van der Waals surface area contributed by atoms with Crippen molar-refractivity contribution in [2.24, 2.45) is 0 Å². The highest BCUT2D eigenvalue weighted by Gasteiger charge is 2.14. The maximum Gasteiger partial charge on any atom is -0.00206 e. The third kappa shape index (κ3) is 3.99. The van der Waals surface area contributed by atoms with Crippen LogP contribution in [0.5, 0.6) is 0 Å². The van der Waals surface area contributed by atoms with Crippen LogP contribution in [0.25, 0.3) is 76.5 Å². The summed E-state index contributed by atoms with van der Waals surface area (Å²) in [5, 5.41) is 10.6. The average molecular weight is 523 g/mol. The second-order valence-corrected chi connectivity index (χ2v) is 11.6. The van der Waals surface area contributed by atoms with Crippen molar-refractivity contribution in [1.29, 1.82) is 0 Å². The molecule has 0 radical (unpaired) electrons. The third-order valence-electron chi connectivity index (χ3n) is 8.76. The van der Waals surface area contributed by atoms with Crippen molar-refractivity contribution in [3.8, 4) is 33.4 Å². The lowest BCUT2D eigenvalue weighted by Crippen LogP contribution is -1.91. The zero-order valence-corrected chi connectivity index (χ0v) is 23.4. The number of fused-ring (bicyclic) bond motifs is 1. The average Bonchev–Trinajstić information content (AvgIpc) is 3.03. The van der Waals surface area contributed by atoms with Crippen LogP contribution in [-0.2, 0) is 0 Å². The molecule has 8 aromatic carbocycles. The van der Waals surface area contributed by atoms with E-state index in [-0.39, 0.29) is 0 Å². The highest BCUT2D eigenvalue weighted by Crippen LogP contribution is 2.41. The highest BCUT2D eigenvalue weighted by atomic mass is 14.2. The zero-order valence-electron chi connectivity index (χ0n) is 23.4. The second-order valence-electron chi connectivity index (χ2n) is 11.6. The first-order chi connectivity index (χ1) is 20.1. The molecule has 8 rings (SSSR count). The summed E-state index contributed by atoms with van der Waals surface area (Å²) >= 11 is 0. The van der Waals surface area contributed by atoms with E-state index in [9.17, 15) is 0 Å². The molecule has 0 aliphatic carbocycles. The van der Waals surface area contributed by atoms with Crippen LogP contribution in [0, 0.1) is 0 Å². The first-order valence-electron chi connectivity index (χ1n) is 14.5. The molecule has 0 N–H and O–H groups in total. The van der Waals surface area contributed by atoms with E-state index in [0.717, 1.165) is 0 Å². The molecule has 0 aliphatic heterocycles. The Morgan fingerprint density at radius 2 is 0.878 bits per heavy atom. The van der Waals surface area contributed by atoms with Crippen LogP contribution in [0.3, 0.4) is 0 Å². The fraction of sp³-hybridized carbons (Fsp3) is 0.0732. The van der Waals surface area contributed by atoms with E-state index in [2.05, 4.69) is 153 Å². The fourth-order valence-corrected chi connectivity index (χ4v) is 6.51. The van der Waals surface area contributed by atoms with Crippen LogP contribution in [0.2, 0.25) is 0 Å². The molecule has 0 saturated heterocycles. The minimum Gasteiger partial charge on any atom is -0.0622 e. The maximum absolute atomic E-state index is 2.38. The molecule has 0 heteroatoms. The summed E-state index contributed by atoms with van der Waals surface area (Å²) in [7, 11) is 0. The predicted molar refractivity (Wildman–Crippen MR) is 178 cm³/mol. The summed E-state index contributed by atoms with van der Waals surface area (Å²) < 4.78 is 0. The molecule has 0 nitrogen and oxygen atoms in total. The molecule has 0 heterocycles. The number of benzene rings is 8. The Bertz CT molecular complexity index is 2180. The number of hydrogen-bond acceptors (Lipinski definition) is 0. The van der Waals surface area contributed by atoms with Crippen LogP contribution in [0.4, 0.5) is 0 Å². The highest BCUT2D eigenvalue weighted by molar-refractivity contribution is 6.25. The van der Waals surface area contributed by atoms with Crippen molar-refractivity contribution < 1.29 is 0 Å². The van der Waals surface area contributed by atoms with E-state index in [1.165, 1.54) is 82.0 Å². The van der Waals surface area contributed by atoms with Gasteiger partial charge in [0, 0.05) is 0 Å². The Morgan fingerprint density at radius 1 is 0.366 bits per heavy atom. The Labute approximate surface area is 240 Å². The van der Waals surface area contributed by atoms with Gasteiger partial charge in [0.15, 0.2) is 0 Å². The summed E-state index contributed by atoms with van der Waals surface area (Å²) in [5.74, 6) is 0.513. The second kappa shape index (κ2) is 9.32. The molecule has 0 aromatic heterocycles. The minimum absolute atomic E-state index is 0.513. The SMILES string of the molecule is CC(C)c1cc2ccc3ccc(-c4ccc5cc(-c6ccc(-c7ccccc7)cc6)ccc5c4)c4ccc(c1)c2c34. The van der Waals surface area contributed by atoms with Gasteiger partial charge < -0.3 is 0 Å². The molecule has 0 bridgehead atoms. The van der Waals surface area contributed by atoms with E-state index in [1.807, 2.05) is 0 Å². The molecule has 0 aliphatic rings. The van der Waals surface area contributed by atoms with Crippen molar-refractivity contribution in [2.45, 2.75) is 19.8 Å². The van der Waals surface area contributed by atoms with Crippen molar-refractivity contribution in [2.75, 3.05) is 0 Å². The Balaban J connectivity index is 1.20. The molecule has 0 saturated carbocycles. The molecule has 0 spiro atoms. The summed E-state index contributed by atoms with van der Waals surface area (Å²) in [6.45, 7) is 4.55. The first-order valence-corrected chi connectivity index (χ1v) is 14.5. The van der Waals surface area contributed by atoms with Gasteiger partial charge in [0.2, 0.25) is 0 Å². The van der Waals surface area contributed by atoms with E-state index >= 15 is 0 Å². The quantitative estimate of drug-likeness (QED) is 0.202. The van der Waals surface area contributed by atoms with Gasteiger partial charge in [0.05, 0.1) is 0 Å². The van der Waals surface area contributed by atoms with Gasteiger partial charge in [0.25, 0.3) is 0 Å². The lowest BCUT2D eigenvalue weighted by atomic mass is 9.87. The monoisotopic (exact) mass is 522 g/mol. The first kappa shape index (κ1) is 23.9. The largest absolute Gasteiger partial charge is 0.0622 e. The van der Waals surface area contributed by atoms with E-state index in [1.54, 1.807) is 0 Å². The van der Waals surface area contributed by atoms with Crippen LogP contribution in [0.1, 0.15) is 25.3 Å². The molecule has 0 fully saturated rings. The summed E-state index contributed by atoms with van der Waals surface area (Å²) in [4.78, 5) is 0. The van der Waals surface area contributed by atoms with Crippen LogP contribution < -0.4 is 0 Å². The van der Waals surface area contributed by atoms with Gasteiger partial charge in [-0.25, -0.2) is 0 Å². The molecule has 8 aromatic rings. The van der Waals surface area contributed by atoms with E-state index in [0.29, 0.717) is 5.92 Å². The van der Waals surface area contributed by atoms with Crippen molar-refractivity contribution in [3.05, 3.63) is 145 Å². The Morgan fingerprint density at radius 3 is 1.59 bits per heavy atom. The van der Waals surface area contributed by atoms with Crippen LogP contribution >= 0.6 is 0 Å². The van der Waals surface area contributed by atoms with Gasteiger partial charge in [0.1, 0.15) is 0 Å². The van der Waals surface area contributed by atoms with Crippen LogP contribution in [0.15, 0.2) is 140 Å². The molecular formula is C41H30. The Kier molecular flexibility index (Phi) is 5.43. The van der Waals surface area contributed by atoms with Gasteiger partial charge in [-0.05, 0) is 100 Å². The van der Waals surface area contributed by atoms with Crippen LogP contribution in [-0.4, -0.2) is 0 Å². The number of rotatable bonds is 4. The lowest BCUT2D eigenvalue weighted by Gasteiger charge is -2.16. The third-order valence-corrected chi connectivity index (χ3v) is 8.76. The van der Waals surface area contributed by atoms with Gasteiger partial charge in [-0.15, -0.1) is 0 Å². The summed E-state index contributed by atoms with van der Waals surface area (Å²) in [6, 6.07) is 51.7. The van der Waals surface area contributed by atoms with Crippen molar-refractivity contribution in [1.82, 2.24) is 0 Å². The van der Waals surface area contributed by atoms with Crippen molar-refractivity contribution >= 4 is 43.1 Å².